The SMILES string of the molecule is N=C1N=CN=C2N([C@H]3C[C@H](O)[C@@H](CO)O3)C=NC12O[S+]=P([O-])(O)OP(=O)(O)OP(=O)(O)O. The summed E-state index contributed by atoms with van der Waals surface area (Å²) in [4.78, 5) is 60.9. The van der Waals surface area contributed by atoms with Crippen molar-refractivity contribution in [3.8, 4) is 0 Å². The number of rotatable bonds is 8. The van der Waals surface area contributed by atoms with E-state index in [2.05, 4.69) is 23.6 Å². The van der Waals surface area contributed by atoms with Gasteiger partial charge in [-0.25, -0.2) is 28.4 Å². The molecule has 3 rings (SSSR count). The fourth-order valence-electron chi connectivity index (χ4n) is 2.73. The van der Waals surface area contributed by atoms with Gasteiger partial charge in [-0.05, 0) is 0 Å². The molecule has 22 heteroatoms. The standard InChI is InChI=1S/C10H16N5O13P3S/c11-8-10(26-32-31(23,24)28-30(21,22)27-29(18,19)20)9(13-3-12-8)15(4-14-10)7-1-5(17)6(2-16)25-7/h3-7,11,16-17H,1-2H2,(H4-,18,19,20,21,22,23,24)/t5-,6+,7+,10?/m0/s1. The van der Waals surface area contributed by atoms with Gasteiger partial charge in [-0.3, -0.25) is 10.3 Å². The van der Waals surface area contributed by atoms with Crippen LogP contribution >= 0.6 is 22.4 Å². The Balaban J connectivity index is 1.83. The van der Waals surface area contributed by atoms with Crippen LogP contribution in [0.15, 0.2) is 15.0 Å². The Morgan fingerprint density at radius 3 is 2.62 bits per heavy atom. The van der Waals surface area contributed by atoms with Gasteiger partial charge in [0, 0.05) is 6.42 Å². The third-order valence-electron chi connectivity index (χ3n) is 3.96. The fourth-order valence-corrected chi connectivity index (χ4v) is 7.36. The molecule has 180 valence electrons. The first-order valence-corrected chi connectivity index (χ1v) is 14.1. The summed E-state index contributed by atoms with van der Waals surface area (Å²) < 4.78 is 40.2. The van der Waals surface area contributed by atoms with Gasteiger partial charge >= 0.3 is 39.3 Å². The third-order valence-corrected chi connectivity index (χ3v) is 9.18. The predicted octanol–water partition coefficient (Wildman–Crippen LogP) is -2.82. The van der Waals surface area contributed by atoms with Gasteiger partial charge in [0.05, 0.1) is 19.0 Å². The molecule has 0 bridgehead atoms. The van der Waals surface area contributed by atoms with E-state index in [4.69, 9.17) is 24.1 Å². The number of amidine groups is 2. The Labute approximate surface area is 182 Å². The van der Waals surface area contributed by atoms with Crippen LogP contribution in [-0.2, 0) is 37.9 Å². The van der Waals surface area contributed by atoms with E-state index in [9.17, 15) is 34.0 Å². The highest BCUT2D eigenvalue weighted by Crippen LogP contribution is 2.64. The molecule has 0 aliphatic carbocycles. The molecule has 6 atom stereocenters. The first-order valence-electron chi connectivity index (χ1n) is 8.17. The molecule has 0 spiro atoms. The number of hydrogen-bond acceptors (Lipinski definition) is 13. The lowest BCUT2D eigenvalue weighted by Crippen LogP contribution is -2.52. The number of nitrogens with one attached hydrogen (secondary N) is 1. The average molecular weight is 539 g/mol. The summed E-state index contributed by atoms with van der Waals surface area (Å²) in [5.74, 6) is -0.830. The van der Waals surface area contributed by atoms with Crippen LogP contribution in [0.25, 0.3) is 0 Å². The molecule has 3 aliphatic rings. The zero-order valence-electron chi connectivity index (χ0n) is 15.4. The number of aliphatic imine (C=N–C) groups is 3. The largest absolute Gasteiger partial charge is 0.739 e. The van der Waals surface area contributed by atoms with Crippen LogP contribution in [0, 0.1) is 5.41 Å². The molecule has 0 aromatic carbocycles. The summed E-state index contributed by atoms with van der Waals surface area (Å²) in [7, 11) is -11.3. The van der Waals surface area contributed by atoms with Crippen LogP contribution in [0.3, 0.4) is 0 Å². The van der Waals surface area contributed by atoms with Gasteiger partial charge in [-0.15, -0.1) is 0 Å². The van der Waals surface area contributed by atoms with Gasteiger partial charge in [0.1, 0.15) is 18.7 Å². The highest BCUT2D eigenvalue weighted by Gasteiger charge is 2.57. The number of phosphoric acid groups is 2. The summed E-state index contributed by atoms with van der Waals surface area (Å²) in [5, 5.41) is 27.2. The molecule has 0 saturated carbocycles. The molecule has 0 aromatic heterocycles. The van der Waals surface area contributed by atoms with E-state index in [-0.39, 0.29) is 12.3 Å². The zero-order chi connectivity index (χ0) is 23.9. The number of hydrogen-bond donors (Lipinski definition) is 7. The van der Waals surface area contributed by atoms with Gasteiger partial charge in [0.25, 0.3) is 0 Å². The maximum Gasteiger partial charge on any atom is 0.488 e. The van der Waals surface area contributed by atoms with E-state index in [0.717, 1.165) is 12.7 Å². The van der Waals surface area contributed by atoms with Crippen molar-refractivity contribution < 1.29 is 61.4 Å². The molecule has 7 N–H and O–H groups in total. The number of aliphatic hydroxyl groups is 2. The second-order valence-corrected chi connectivity index (χ2v) is 12.5. The predicted molar refractivity (Wildman–Crippen MR) is 105 cm³/mol. The molecule has 3 aliphatic heterocycles. The Morgan fingerprint density at radius 1 is 1.34 bits per heavy atom. The molecule has 0 radical (unpaired) electrons. The van der Waals surface area contributed by atoms with Crippen molar-refractivity contribution in [2.75, 3.05) is 6.61 Å². The van der Waals surface area contributed by atoms with Crippen molar-refractivity contribution >= 4 is 57.9 Å². The number of fused-ring (bicyclic) bond motifs is 1. The maximum absolute atomic E-state index is 12.1. The monoisotopic (exact) mass is 539 g/mol. The molecule has 1 fully saturated rings. The van der Waals surface area contributed by atoms with Crippen molar-refractivity contribution in [3.05, 3.63) is 0 Å². The number of ether oxygens (including phenoxy) is 1. The van der Waals surface area contributed by atoms with Crippen LogP contribution in [0.2, 0.25) is 0 Å². The topological polar surface area (TPSA) is 280 Å². The van der Waals surface area contributed by atoms with Gasteiger partial charge in [-0.1, -0.05) is 4.18 Å². The van der Waals surface area contributed by atoms with E-state index >= 15 is 0 Å². The van der Waals surface area contributed by atoms with Crippen molar-refractivity contribution in [2.24, 2.45) is 15.0 Å². The van der Waals surface area contributed by atoms with Gasteiger partial charge in [0.2, 0.25) is 0 Å². The molecular weight excluding hydrogens is 523 g/mol. The van der Waals surface area contributed by atoms with Crippen LogP contribution in [0.4, 0.5) is 0 Å². The van der Waals surface area contributed by atoms with Crippen molar-refractivity contribution in [2.45, 2.75) is 30.6 Å². The highest BCUT2D eigenvalue weighted by atomic mass is 32.5. The molecule has 32 heavy (non-hydrogen) atoms. The number of aliphatic hydroxyl groups excluding tert-OH is 2. The van der Waals surface area contributed by atoms with Crippen LogP contribution < -0.4 is 4.89 Å². The smallest absolute Gasteiger partial charge is 0.488 e. The molecule has 1 saturated heterocycles. The van der Waals surface area contributed by atoms with E-state index < -0.39 is 70.2 Å². The highest BCUT2D eigenvalue weighted by molar-refractivity contribution is 8.14. The summed E-state index contributed by atoms with van der Waals surface area (Å²) in [6, 6.07) is 0. The molecule has 18 nitrogen and oxygen atoms in total. The van der Waals surface area contributed by atoms with Crippen molar-refractivity contribution in [1.29, 1.82) is 5.41 Å². The van der Waals surface area contributed by atoms with Crippen LogP contribution in [0.1, 0.15) is 6.42 Å². The van der Waals surface area contributed by atoms with Crippen molar-refractivity contribution in [1.82, 2.24) is 4.90 Å². The minimum atomic E-state index is -5.71. The van der Waals surface area contributed by atoms with E-state index in [1.54, 1.807) is 0 Å². The Morgan fingerprint density at radius 2 is 2.03 bits per heavy atom. The van der Waals surface area contributed by atoms with Crippen LogP contribution in [0.5, 0.6) is 0 Å². The van der Waals surface area contributed by atoms with Crippen molar-refractivity contribution in [3.63, 3.8) is 0 Å². The zero-order valence-corrected chi connectivity index (χ0v) is 18.9. The molecule has 0 aromatic rings. The Bertz CT molecular complexity index is 1020. The Hall–Kier alpha value is -0.850. The van der Waals surface area contributed by atoms with Gasteiger partial charge in [-0.2, -0.15) is 4.31 Å². The second kappa shape index (κ2) is 9.07. The van der Waals surface area contributed by atoms with E-state index in [0.29, 0.717) is 0 Å². The average Bonchev–Trinajstić information content (AvgIpc) is 3.18. The summed E-state index contributed by atoms with van der Waals surface area (Å²) in [6.45, 7) is -5.78. The number of nitrogens with zero attached hydrogens (tertiary/aromatic N) is 4. The van der Waals surface area contributed by atoms with Gasteiger partial charge < -0.3 is 39.4 Å². The second-order valence-electron chi connectivity index (χ2n) is 6.21. The summed E-state index contributed by atoms with van der Waals surface area (Å²) in [5.41, 5.74) is -2.24. The van der Waals surface area contributed by atoms with Crippen LogP contribution in [-0.4, -0.2) is 89.8 Å². The normalized spacial score (nSPS) is 33.6. The summed E-state index contributed by atoms with van der Waals surface area (Å²) in [6.07, 6.45) is -0.818. The third kappa shape index (κ3) is 5.61. The lowest BCUT2D eigenvalue weighted by Gasteiger charge is -2.28. The Kier molecular flexibility index (Phi) is 7.30. The first-order chi connectivity index (χ1) is 14.7. The quantitative estimate of drug-likeness (QED) is 0.0931. The molecule has 0 amide bonds. The lowest BCUT2D eigenvalue weighted by atomic mass is 10.1. The fraction of sp³-hybridized carbons (Fsp3) is 0.600. The molecule has 3 unspecified atom stereocenters. The summed E-state index contributed by atoms with van der Waals surface area (Å²) >= 11 is -0.483. The molecular formula is C10H16N5O13P3S. The lowest BCUT2D eigenvalue weighted by molar-refractivity contribution is -0.195. The van der Waals surface area contributed by atoms with E-state index in [1.165, 1.54) is 4.90 Å². The van der Waals surface area contributed by atoms with E-state index in [1.807, 2.05) is 0 Å². The first kappa shape index (κ1) is 25.8. The minimum Gasteiger partial charge on any atom is -0.739 e. The van der Waals surface area contributed by atoms with Gasteiger partial charge in [0.15, 0.2) is 11.7 Å². The minimum absolute atomic E-state index is 0.00101. The maximum atomic E-state index is 12.1. The molecule has 3 heterocycles.